The maximum Gasteiger partial charge on any atom is 0.407 e. The first-order valence-corrected chi connectivity index (χ1v) is 14.3. The number of esters is 1. The van der Waals surface area contributed by atoms with Crippen LogP contribution in [0.15, 0.2) is 60.7 Å². The summed E-state index contributed by atoms with van der Waals surface area (Å²) in [6.07, 6.45) is 5.68. The predicted molar refractivity (Wildman–Crippen MR) is 147 cm³/mol. The van der Waals surface area contributed by atoms with Gasteiger partial charge < -0.3 is 19.7 Å². The lowest BCUT2D eigenvalue weighted by Gasteiger charge is -2.36. The molecule has 1 spiro atoms. The van der Waals surface area contributed by atoms with Crippen molar-refractivity contribution in [2.75, 3.05) is 0 Å². The Balaban J connectivity index is 1.50. The lowest BCUT2D eigenvalue weighted by molar-refractivity contribution is -0.167. The van der Waals surface area contributed by atoms with Crippen LogP contribution in [0.4, 0.5) is 4.79 Å². The van der Waals surface area contributed by atoms with Gasteiger partial charge in [0.05, 0.1) is 12.1 Å². The Hall–Kier alpha value is -3.35. The maximum atomic E-state index is 14.3. The van der Waals surface area contributed by atoms with Crippen molar-refractivity contribution < 1.29 is 23.9 Å². The van der Waals surface area contributed by atoms with Crippen LogP contribution < -0.4 is 5.32 Å². The summed E-state index contributed by atoms with van der Waals surface area (Å²) in [6.45, 7) is 5.68. The SMILES string of the molecule is CC(C)(C)OC(=O)[C@@H]1N(C(=O)C2CCCCC2)[C@H](c2ccccc2)[C@H](NC(=O)OCc2ccccc2)C12CC2. The molecule has 1 saturated heterocycles. The van der Waals surface area contributed by atoms with E-state index in [0.29, 0.717) is 0 Å². The summed E-state index contributed by atoms with van der Waals surface area (Å²) in [4.78, 5) is 43.2. The monoisotopic (exact) mass is 532 g/mol. The largest absolute Gasteiger partial charge is 0.458 e. The molecule has 2 aromatic carbocycles. The molecular weight excluding hydrogens is 492 g/mol. The molecule has 0 unspecified atom stereocenters. The summed E-state index contributed by atoms with van der Waals surface area (Å²) < 4.78 is 11.5. The molecule has 39 heavy (non-hydrogen) atoms. The third-order valence-corrected chi connectivity index (χ3v) is 8.35. The molecule has 3 fully saturated rings. The molecule has 2 amide bonds. The van der Waals surface area contributed by atoms with Crippen molar-refractivity contribution in [1.29, 1.82) is 0 Å². The molecule has 208 valence electrons. The number of hydrogen-bond donors (Lipinski definition) is 1. The van der Waals surface area contributed by atoms with E-state index in [4.69, 9.17) is 9.47 Å². The van der Waals surface area contributed by atoms with E-state index in [2.05, 4.69) is 5.32 Å². The van der Waals surface area contributed by atoms with Crippen LogP contribution in [-0.4, -0.2) is 40.6 Å². The average molecular weight is 533 g/mol. The summed E-state index contributed by atoms with van der Waals surface area (Å²) in [5, 5.41) is 3.12. The quantitative estimate of drug-likeness (QED) is 0.466. The topological polar surface area (TPSA) is 84.9 Å². The molecule has 0 aromatic heterocycles. The second-order valence-corrected chi connectivity index (χ2v) is 12.3. The highest BCUT2D eigenvalue weighted by atomic mass is 16.6. The Morgan fingerprint density at radius 3 is 2.13 bits per heavy atom. The highest BCUT2D eigenvalue weighted by Crippen LogP contribution is 2.63. The van der Waals surface area contributed by atoms with Gasteiger partial charge in [0.25, 0.3) is 0 Å². The van der Waals surface area contributed by atoms with Crippen LogP contribution in [0.2, 0.25) is 0 Å². The van der Waals surface area contributed by atoms with Crippen molar-refractivity contribution in [2.24, 2.45) is 11.3 Å². The number of carbonyl (C=O) groups is 3. The van der Waals surface area contributed by atoms with E-state index >= 15 is 0 Å². The Labute approximate surface area is 231 Å². The minimum absolute atomic E-state index is 0.00681. The summed E-state index contributed by atoms with van der Waals surface area (Å²) in [6, 6.07) is 17.5. The first-order chi connectivity index (χ1) is 18.7. The number of likely N-dealkylation sites (tertiary alicyclic amines) is 1. The van der Waals surface area contributed by atoms with Gasteiger partial charge in [0.15, 0.2) is 0 Å². The molecule has 0 radical (unpaired) electrons. The van der Waals surface area contributed by atoms with Gasteiger partial charge in [-0.05, 0) is 57.6 Å². The third kappa shape index (κ3) is 5.82. The number of ether oxygens (including phenoxy) is 2. The minimum atomic E-state index is -0.768. The highest BCUT2D eigenvalue weighted by molar-refractivity contribution is 5.89. The van der Waals surface area contributed by atoms with E-state index in [0.717, 1.165) is 56.1 Å². The van der Waals surface area contributed by atoms with Crippen LogP contribution in [0.3, 0.4) is 0 Å². The fourth-order valence-corrected chi connectivity index (χ4v) is 6.46. The third-order valence-electron chi connectivity index (χ3n) is 8.35. The van der Waals surface area contributed by atoms with E-state index in [1.165, 1.54) is 0 Å². The Morgan fingerprint density at radius 2 is 1.54 bits per heavy atom. The Kier molecular flexibility index (Phi) is 7.70. The lowest BCUT2D eigenvalue weighted by Crippen LogP contribution is -2.49. The fraction of sp³-hybridized carbons (Fsp3) is 0.531. The summed E-state index contributed by atoms with van der Waals surface area (Å²) in [5.74, 6) is -0.533. The maximum absolute atomic E-state index is 14.3. The van der Waals surface area contributed by atoms with Gasteiger partial charge in [-0.3, -0.25) is 4.79 Å². The summed E-state index contributed by atoms with van der Waals surface area (Å²) >= 11 is 0. The molecule has 2 aliphatic carbocycles. The zero-order chi connectivity index (χ0) is 27.6. The number of rotatable bonds is 6. The van der Waals surface area contributed by atoms with E-state index in [-0.39, 0.29) is 18.4 Å². The zero-order valence-electron chi connectivity index (χ0n) is 23.2. The van der Waals surface area contributed by atoms with Gasteiger partial charge in [-0.2, -0.15) is 0 Å². The number of nitrogens with zero attached hydrogens (tertiary/aromatic N) is 1. The minimum Gasteiger partial charge on any atom is -0.458 e. The van der Waals surface area contributed by atoms with Gasteiger partial charge in [-0.25, -0.2) is 9.59 Å². The second kappa shape index (κ2) is 11.0. The molecule has 0 bridgehead atoms. The van der Waals surface area contributed by atoms with Gasteiger partial charge in [0, 0.05) is 11.3 Å². The van der Waals surface area contributed by atoms with Crippen molar-refractivity contribution in [3.8, 4) is 0 Å². The predicted octanol–water partition coefficient (Wildman–Crippen LogP) is 5.94. The van der Waals surface area contributed by atoms with Gasteiger partial charge in [0.1, 0.15) is 18.2 Å². The number of amides is 2. The molecule has 2 aromatic rings. The van der Waals surface area contributed by atoms with Crippen LogP contribution in [0.25, 0.3) is 0 Å². The van der Waals surface area contributed by atoms with E-state index in [1.54, 1.807) is 4.90 Å². The molecule has 7 heteroatoms. The van der Waals surface area contributed by atoms with E-state index < -0.39 is 41.2 Å². The van der Waals surface area contributed by atoms with Crippen molar-refractivity contribution in [2.45, 2.75) is 96.1 Å². The number of carbonyl (C=O) groups excluding carboxylic acids is 3. The average Bonchev–Trinajstić information content (AvgIpc) is 3.67. The Morgan fingerprint density at radius 1 is 0.923 bits per heavy atom. The molecule has 3 aliphatic rings. The number of benzene rings is 2. The summed E-state index contributed by atoms with van der Waals surface area (Å²) in [5.41, 5.74) is 0.488. The van der Waals surface area contributed by atoms with Crippen molar-refractivity contribution in [3.05, 3.63) is 71.8 Å². The molecule has 1 heterocycles. The molecule has 1 N–H and O–H groups in total. The Bertz CT molecular complexity index is 1170. The molecule has 5 rings (SSSR count). The standard InChI is InChI=1S/C32H40N2O5/c1-31(2,3)39-29(36)27-32(19-20-32)26(33-30(37)38-21-22-13-7-4-8-14-22)25(23-15-9-5-10-16-23)34(27)28(35)24-17-11-6-12-18-24/h4-5,7-10,13-16,24-27H,6,11-12,17-21H2,1-3H3,(H,33,37)/t25-,26+,27+/m1/s1. The smallest absolute Gasteiger partial charge is 0.407 e. The van der Waals surface area contributed by atoms with Crippen LogP contribution in [0.5, 0.6) is 0 Å². The van der Waals surface area contributed by atoms with Crippen LogP contribution in [0.1, 0.15) is 82.9 Å². The highest BCUT2D eigenvalue weighted by Gasteiger charge is 2.70. The normalized spacial score (nSPS) is 24.3. The van der Waals surface area contributed by atoms with Crippen LogP contribution >= 0.6 is 0 Å². The van der Waals surface area contributed by atoms with E-state index in [9.17, 15) is 14.4 Å². The molecule has 7 nitrogen and oxygen atoms in total. The van der Waals surface area contributed by atoms with Gasteiger partial charge in [0.2, 0.25) is 5.91 Å². The number of alkyl carbamates (subject to hydrolysis) is 1. The lowest BCUT2D eigenvalue weighted by atomic mass is 9.87. The van der Waals surface area contributed by atoms with Crippen LogP contribution in [-0.2, 0) is 25.7 Å². The van der Waals surface area contributed by atoms with Gasteiger partial charge >= 0.3 is 12.1 Å². The van der Waals surface area contributed by atoms with Crippen molar-refractivity contribution in [3.63, 3.8) is 0 Å². The number of hydrogen-bond acceptors (Lipinski definition) is 5. The van der Waals surface area contributed by atoms with Crippen molar-refractivity contribution >= 4 is 18.0 Å². The molecule has 2 saturated carbocycles. The first kappa shape index (κ1) is 27.2. The molecule has 1 aliphatic heterocycles. The summed E-state index contributed by atoms with van der Waals surface area (Å²) in [7, 11) is 0. The van der Waals surface area contributed by atoms with Gasteiger partial charge in [-0.1, -0.05) is 79.9 Å². The van der Waals surface area contributed by atoms with Crippen molar-refractivity contribution in [1.82, 2.24) is 10.2 Å². The van der Waals surface area contributed by atoms with Crippen LogP contribution in [0, 0.1) is 11.3 Å². The molecule has 3 atom stereocenters. The zero-order valence-corrected chi connectivity index (χ0v) is 23.2. The second-order valence-electron chi connectivity index (χ2n) is 12.3. The fourth-order valence-electron chi connectivity index (χ4n) is 6.46. The first-order valence-electron chi connectivity index (χ1n) is 14.3. The molecular formula is C32H40N2O5. The van der Waals surface area contributed by atoms with Gasteiger partial charge in [-0.15, -0.1) is 0 Å². The van der Waals surface area contributed by atoms with E-state index in [1.807, 2.05) is 81.4 Å². The number of nitrogens with one attached hydrogen (secondary N) is 1.